The van der Waals surface area contributed by atoms with Crippen molar-refractivity contribution in [3.8, 4) is 0 Å². The van der Waals surface area contributed by atoms with Crippen LogP contribution < -0.4 is 0 Å². The van der Waals surface area contributed by atoms with Crippen LogP contribution in [-0.4, -0.2) is 11.6 Å². The van der Waals surface area contributed by atoms with Crippen molar-refractivity contribution in [2.24, 2.45) is 17.8 Å². The summed E-state index contributed by atoms with van der Waals surface area (Å²) in [7, 11) is 0. The summed E-state index contributed by atoms with van der Waals surface area (Å²) in [5, 5.41) is 0. The average Bonchev–Trinajstić information content (AvgIpc) is 2.93. The van der Waals surface area contributed by atoms with Crippen LogP contribution >= 0.6 is 0 Å². The second-order valence-corrected chi connectivity index (χ2v) is 4.87. The van der Waals surface area contributed by atoms with Crippen molar-refractivity contribution in [2.45, 2.75) is 52.9 Å². The number of carbonyl (C=O) groups excluding carboxylic acids is 2. The lowest BCUT2D eigenvalue weighted by molar-refractivity contribution is -0.133. The summed E-state index contributed by atoms with van der Waals surface area (Å²) >= 11 is 0. The standard InChI is InChI=1S/C13H22O2/c1-4-5-6-7-12(14)10(3)13(15)11-8-9(11)2/h9-11H,4-8H2,1-3H3. The van der Waals surface area contributed by atoms with Crippen LogP contribution in [0.25, 0.3) is 0 Å². The number of Topliss-reactive ketones (excluding diaryl/α,β-unsaturated/α-hetero) is 2. The fourth-order valence-electron chi connectivity index (χ4n) is 1.96. The molecular weight excluding hydrogens is 188 g/mol. The number of unbranched alkanes of at least 4 members (excludes halogenated alkanes) is 2. The first kappa shape index (κ1) is 12.4. The number of ketones is 2. The maximum Gasteiger partial charge on any atom is 0.146 e. The molecule has 0 aromatic carbocycles. The normalized spacial score (nSPS) is 26.1. The first-order valence-electron chi connectivity index (χ1n) is 6.14. The largest absolute Gasteiger partial charge is 0.299 e. The van der Waals surface area contributed by atoms with E-state index in [1.807, 2.05) is 0 Å². The summed E-state index contributed by atoms with van der Waals surface area (Å²) in [5.41, 5.74) is 0. The van der Waals surface area contributed by atoms with Gasteiger partial charge in [-0.1, -0.05) is 26.7 Å². The van der Waals surface area contributed by atoms with Crippen molar-refractivity contribution in [1.29, 1.82) is 0 Å². The Bertz CT molecular complexity index is 245. The van der Waals surface area contributed by atoms with Crippen molar-refractivity contribution in [3.05, 3.63) is 0 Å². The van der Waals surface area contributed by atoms with E-state index in [0.717, 1.165) is 25.7 Å². The quantitative estimate of drug-likeness (QED) is 0.478. The molecule has 0 saturated heterocycles. The fourth-order valence-corrected chi connectivity index (χ4v) is 1.96. The Kier molecular flexibility index (Phi) is 4.49. The van der Waals surface area contributed by atoms with E-state index in [1.165, 1.54) is 0 Å². The Labute approximate surface area is 92.4 Å². The van der Waals surface area contributed by atoms with Crippen molar-refractivity contribution >= 4 is 11.6 Å². The lowest BCUT2D eigenvalue weighted by atomic mass is 9.94. The van der Waals surface area contributed by atoms with E-state index in [2.05, 4.69) is 13.8 Å². The third-order valence-electron chi connectivity index (χ3n) is 3.41. The third kappa shape index (κ3) is 3.44. The van der Waals surface area contributed by atoms with Gasteiger partial charge in [0.1, 0.15) is 11.6 Å². The zero-order chi connectivity index (χ0) is 11.4. The molecule has 1 rings (SSSR count). The average molecular weight is 210 g/mol. The minimum Gasteiger partial charge on any atom is -0.299 e. The first-order valence-corrected chi connectivity index (χ1v) is 6.14. The smallest absolute Gasteiger partial charge is 0.146 e. The minimum atomic E-state index is -0.350. The van der Waals surface area contributed by atoms with Crippen LogP contribution in [0.15, 0.2) is 0 Å². The molecule has 0 radical (unpaired) electrons. The summed E-state index contributed by atoms with van der Waals surface area (Å²) in [5.74, 6) is 0.687. The predicted molar refractivity (Wildman–Crippen MR) is 60.6 cm³/mol. The molecule has 0 aromatic rings. The van der Waals surface area contributed by atoms with Gasteiger partial charge in [-0.25, -0.2) is 0 Å². The van der Waals surface area contributed by atoms with Crippen LogP contribution in [0.4, 0.5) is 0 Å². The molecule has 0 spiro atoms. The van der Waals surface area contributed by atoms with E-state index >= 15 is 0 Å². The lowest BCUT2D eigenvalue weighted by Crippen LogP contribution is -2.22. The Hall–Kier alpha value is -0.660. The van der Waals surface area contributed by atoms with E-state index in [9.17, 15) is 9.59 Å². The summed E-state index contributed by atoms with van der Waals surface area (Å²) in [4.78, 5) is 23.4. The third-order valence-corrected chi connectivity index (χ3v) is 3.41. The molecule has 0 bridgehead atoms. The van der Waals surface area contributed by atoms with Gasteiger partial charge in [0.2, 0.25) is 0 Å². The van der Waals surface area contributed by atoms with Gasteiger partial charge in [-0.3, -0.25) is 9.59 Å². The van der Waals surface area contributed by atoms with Crippen LogP contribution in [0.3, 0.4) is 0 Å². The second kappa shape index (κ2) is 5.43. The van der Waals surface area contributed by atoms with Crippen molar-refractivity contribution < 1.29 is 9.59 Å². The van der Waals surface area contributed by atoms with Gasteiger partial charge in [-0.05, 0) is 25.7 Å². The lowest BCUT2D eigenvalue weighted by Gasteiger charge is -2.08. The van der Waals surface area contributed by atoms with E-state index in [4.69, 9.17) is 0 Å². The summed E-state index contributed by atoms with van der Waals surface area (Å²) < 4.78 is 0. The molecule has 1 aliphatic rings. The molecule has 3 atom stereocenters. The highest BCUT2D eigenvalue weighted by Crippen LogP contribution is 2.40. The molecule has 1 fully saturated rings. The fraction of sp³-hybridized carbons (Fsp3) is 0.846. The van der Waals surface area contributed by atoms with Crippen molar-refractivity contribution in [3.63, 3.8) is 0 Å². The van der Waals surface area contributed by atoms with Gasteiger partial charge in [-0.15, -0.1) is 0 Å². The Morgan fingerprint density at radius 1 is 1.33 bits per heavy atom. The highest BCUT2D eigenvalue weighted by Gasteiger charge is 2.42. The van der Waals surface area contributed by atoms with Crippen LogP contribution in [0.1, 0.15) is 52.9 Å². The zero-order valence-electron chi connectivity index (χ0n) is 10.1. The monoisotopic (exact) mass is 210 g/mol. The molecule has 1 saturated carbocycles. The molecule has 2 heteroatoms. The molecular formula is C13H22O2. The summed E-state index contributed by atoms with van der Waals surface area (Å²) in [6.45, 7) is 5.98. The molecule has 0 N–H and O–H groups in total. The van der Waals surface area contributed by atoms with Crippen molar-refractivity contribution in [1.82, 2.24) is 0 Å². The van der Waals surface area contributed by atoms with Crippen LogP contribution in [0.2, 0.25) is 0 Å². The number of rotatable bonds is 7. The highest BCUT2D eigenvalue weighted by molar-refractivity contribution is 6.03. The zero-order valence-corrected chi connectivity index (χ0v) is 10.1. The van der Waals surface area contributed by atoms with Gasteiger partial charge in [-0.2, -0.15) is 0 Å². The molecule has 0 aromatic heterocycles. The van der Waals surface area contributed by atoms with E-state index < -0.39 is 0 Å². The van der Waals surface area contributed by atoms with Gasteiger partial charge in [0, 0.05) is 12.3 Å². The second-order valence-electron chi connectivity index (χ2n) is 4.87. The predicted octanol–water partition coefficient (Wildman–Crippen LogP) is 3.00. The van der Waals surface area contributed by atoms with Gasteiger partial charge >= 0.3 is 0 Å². The van der Waals surface area contributed by atoms with E-state index in [1.54, 1.807) is 6.92 Å². The maximum absolute atomic E-state index is 11.8. The van der Waals surface area contributed by atoms with Crippen molar-refractivity contribution in [2.75, 3.05) is 0 Å². The first-order chi connectivity index (χ1) is 7.07. The molecule has 0 heterocycles. The minimum absolute atomic E-state index is 0.146. The Morgan fingerprint density at radius 2 is 1.93 bits per heavy atom. The van der Waals surface area contributed by atoms with E-state index in [-0.39, 0.29) is 23.4 Å². The Morgan fingerprint density at radius 3 is 2.40 bits per heavy atom. The Balaban J connectivity index is 2.29. The summed E-state index contributed by atoms with van der Waals surface area (Å²) in [6.07, 6.45) is 4.72. The molecule has 86 valence electrons. The molecule has 0 aliphatic heterocycles. The van der Waals surface area contributed by atoms with Gasteiger partial charge < -0.3 is 0 Å². The van der Waals surface area contributed by atoms with Crippen LogP contribution in [0, 0.1) is 17.8 Å². The number of hydrogen-bond acceptors (Lipinski definition) is 2. The molecule has 15 heavy (non-hydrogen) atoms. The van der Waals surface area contributed by atoms with E-state index in [0.29, 0.717) is 12.3 Å². The number of hydrogen-bond donors (Lipinski definition) is 0. The number of carbonyl (C=O) groups is 2. The topological polar surface area (TPSA) is 34.1 Å². The SMILES string of the molecule is CCCCCC(=O)C(C)C(=O)C1CC1C. The molecule has 3 unspecified atom stereocenters. The van der Waals surface area contributed by atoms with Gasteiger partial charge in [0.05, 0.1) is 5.92 Å². The van der Waals surface area contributed by atoms with Crippen LogP contribution in [-0.2, 0) is 9.59 Å². The molecule has 1 aliphatic carbocycles. The maximum atomic E-state index is 11.8. The van der Waals surface area contributed by atoms with Gasteiger partial charge in [0.15, 0.2) is 0 Å². The van der Waals surface area contributed by atoms with Crippen LogP contribution in [0.5, 0.6) is 0 Å². The molecule has 0 amide bonds. The molecule has 2 nitrogen and oxygen atoms in total. The summed E-state index contributed by atoms with van der Waals surface area (Å²) in [6, 6.07) is 0. The van der Waals surface area contributed by atoms with Gasteiger partial charge in [0.25, 0.3) is 0 Å². The highest BCUT2D eigenvalue weighted by atomic mass is 16.2.